The first kappa shape index (κ1) is 12.2. The van der Waals surface area contributed by atoms with Crippen LogP contribution < -0.4 is 15.7 Å². The zero-order chi connectivity index (χ0) is 13.6. The molecule has 0 radical (unpaired) electrons. The lowest BCUT2D eigenvalue weighted by molar-refractivity contribution is 0.833. The molecule has 3 aromatic rings. The lowest BCUT2D eigenvalue weighted by Gasteiger charge is -1.89. The van der Waals surface area contributed by atoms with Crippen molar-refractivity contribution in [3.63, 3.8) is 0 Å². The molecule has 0 saturated carbocycles. The van der Waals surface area contributed by atoms with E-state index in [0.717, 1.165) is 10.4 Å². The van der Waals surface area contributed by atoms with Gasteiger partial charge in [0, 0.05) is 4.88 Å². The number of aryl methyl sites for hydroxylation is 2. The van der Waals surface area contributed by atoms with Gasteiger partial charge in [-0.05, 0) is 36.9 Å². The molecule has 3 heterocycles. The summed E-state index contributed by atoms with van der Waals surface area (Å²) in [6.45, 7) is 3.54. The van der Waals surface area contributed by atoms with Gasteiger partial charge in [0.2, 0.25) is 4.96 Å². The first-order chi connectivity index (χ1) is 9.06. The summed E-state index contributed by atoms with van der Waals surface area (Å²) in [5.41, 5.74) is 0.725. The van der Waals surface area contributed by atoms with Crippen molar-refractivity contribution in [2.45, 2.75) is 13.8 Å². The van der Waals surface area contributed by atoms with E-state index < -0.39 is 0 Å². The molecule has 19 heavy (non-hydrogen) atoms. The molecule has 0 amide bonds. The van der Waals surface area contributed by atoms with E-state index in [1.807, 2.05) is 24.4 Å². The van der Waals surface area contributed by atoms with Gasteiger partial charge in [0.05, 0.1) is 4.53 Å². The van der Waals surface area contributed by atoms with Crippen LogP contribution in [-0.2, 0) is 0 Å². The quantitative estimate of drug-likeness (QED) is 0.663. The molecule has 0 aromatic carbocycles. The van der Waals surface area contributed by atoms with E-state index in [-0.39, 0.29) is 16.8 Å². The van der Waals surface area contributed by atoms with E-state index in [0.29, 0.717) is 9.49 Å². The maximum Gasteiger partial charge on any atom is 0.295 e. The lowest BCUT2D eigenvalue weighted by atomic mass is 10.3. The van der Waals surface area contributed by atoms with Crippen LogP contribution in [0, 0.1) is 13.8 Å². The van der Waals surface area contributed by atoms with Gasteiger partial charge in [-0.25, -0.2) is 0 Å². The zero-order valence-corrected chi connectivity index (χ0v) is 11.8. The molecule has 0 N–H and O–H groups in total. The highest BCUT2D eigenvalue weighted by Gasteiger charge is 2.08. The third-order valence-electron chi connectivity index (χ3n) is 2.71. The van der Waals surface area contributed by atoms with Crippen molar-refractivity contribution < 1.29 is 0 Å². The maximum absolute atomic E-state index is 12.2. The fraction of sp³-hybridized carbons (Fsp3) is 0.167. The molecule has 3 aromatic heterocycles. The van der Waals surface area contributed by atoms with Gasteiger partial charge in [-0.3, -0.25) is 9.59 Å². The van der Waals surface area contributed by atoms with Crippen molar-refractivity contribution >= 4 is 33.7 Å². The van der Waals surface area contributed by atoms with Crippen molar-refractivity contribution in [2.24, 2.45) is 0 Å². The Morgan fingerprint density at radius 2 is 2.11 bits per heavy atom. The molecule has 0 bridgehead atoms. The highest BCUT2D eigenvalue weighted by Crippen LogP contribution is 2.15. The van der Waals surface area contributed by atoms with Crippen LogP contribution in [0.4, 0.5) is 0 Å². The summed E-state index contributed by atoms with van der Waals surface area (Å²) in [6.07, 6.45) is 1.82. The average Bonchev–Trinajstić information content (AvgIpc) is 2.89. The first-order valence-electron chi connectivity index (χ1n) is 5.52. The van der Waals surface area contributed by atoms with Gasteiger partial charge < -0.3 is 0 Å². The number of aromatic nitrogens is 3. The van der Waals surface area contributed by atoms with Crippen molar-refractivity contribution in [3.8, 4) is 0 Å². The molecule has 0 aliphatic carbocycles. The molecule has 96 valence electrons. The zero-order valence-electron chi connectivity index (χ0n) is 10.2. The van der Waals surface area contributed by atoms with Crippen LogP contribution in [0.2, 0.25) is 0 Å². The minimum Gasteiger partial charge on any atom is -0.266 e. The number of hydrogen-bond acceptors (Lipinski definition) is 6. The van der Waals surface area contributed by atoms with Crippen molar-refractivity contribution in [1.82, 2.24) is 14.6 Å². The SMILES string of the molecule is Cc1ccsc1/C=c1\sc2nc(=O)c(C)nn2c1=O. The average molecular weight is 291 g/mol. The third kappa shape index (κ3) is 2.00. The molecule has 0 saturated heterocycles. The Bertz CT molecular complexity index is 936. The Morgan fingerprint density at radius 1 is 1.32 bits per heavy atom. The number of hydrogen-bond donors (Lipinski definition) is 0. The number of fused-ring (bicyclic) bond motifs is 1. The molecule has 0 spiro atoms. The van der Waals surface area contributed by atoms with Gasteiger partial charge in [0.1, 0.15) is 5.69 Å². The van der Waals surface area contributed by atoms with Crippen LogP contribution in [0.5, 0.6) is 0 Å². The highest BCUT2D eigenvalue weighted by molar-refractivity contribution is 7.15. The van der Waals surface area contributed by atoms with Crippen molar-refractivity contribution in [1.29, 1.82) is 0 Å². The second kappa shape index (κ2) is 4.36. The number of nitrogens with zero attached hydrogens (tertiary/aromatic N) is 3. The van der Waals surface area contributed by atoms with Crippen LogP contribution in [0.1, 0.15) is 16.1 Å². The highest BCUT2D eigenvalue weighted by atomic mass is 32.1. The second-order valence-corrected chi connectivity index (χ2v) is 6.04. The fourth-order valence-electron chi connectivity index (χ4n) is 1.64. The largest absolute Gasteiger partial charge is 0.295 e. The van der Waals surface area contributed by atoms with Crippen LogP contribution >= 0.6 is 22.7 Å². The predicted octanol–water partition coefficient (Wildman–Crippen LogP) is 0.737. The molecule has 7 heteroatoms. The van der Waals surface area contributed by atoms with Crippen LogP contribution in [-0.4, -0.2) is 14.6 Å². The Hall–Kier alpha value is -1.86. The standard InChI is InChI=1S/C12H9N3O2S2/c1-6-3-4-18-8(6)5-9-11(17)15-12(19-9)13-10(16)7(2)14-15/h3-5H,1-2H3/b9-5-. The van der Waals surface area contributed by atoms with Crippen molar-refractivity contribution in [3.05, 3.63) is 52.8 Å². The molecular formula is C12H9N3O2S2. The first-order valence-corrected chi connectivity index (χ1v) is 7.22. The minimum atomic E-state index is -0.389. The van der Waals surface area contributed by atoms with Gasteiger partial charge in [0.25, 0.3) is 11.1 Å². The van der Waals surface area contributed by atoms with Gasteiger partial charge in [-0.2, -0.15) is 14.6 Å². The molecular weight excluding hydrogens is 282 g/mol. The Morgan fingerprint density at radius 3 is 2.79 bits per heavy atom. The maximum atomic E-state index is 12.2. The molecule has 0 aliphatic heterocycles. The van der Waals surface area contributed by atoms with Crippen LogP contribution in [0.25, 0.3) is 11.0 Å². The van der Waals surface area contributed by atoms with E-state index in [9.17, 15) is 9.59 Å². The number of thiophene rings is 1. The van der Waals surface area contributed by atoms with Crippen LogP contribution in [0.3, 0.4) is 0 Å². The third-order valence-corrected chi connectivity index (χ3v) is 4.63. The summed E-state index contributed by atoms with van der Waals surface area (Å²) in [4.78, 5) is 28.8. The molecule has 5 nitrogen and oxygen atoms in total. The fourth-order valence-corrected chi connectivity index (χ4v) is 3.46. The molecule has 0 unspecified atom stereocenters. The summed E-state index contributed by atoms with van der Waals surface area (Å²) in [5, 5.41) is 5.94. The topological polar surface area (TPSA) is 64.3 Å². The van der Waals surface area contributed by atoms with Gasteiger partial charge >= 0.3 is 0 Å². The Labute approximate surface area is 115 Å². The van der Waals surface area contributed by atoms with Gasteiger partial charge in [-0.15, -0.1) is 11.3 Å². The summed E-state index contributed by atoms with van der Waals surface area (Å²) in [6, 6.07) is 2.00. The molecule has 0 atom stereocenters. The van der Waals surface area contributed by atoms with E-state index in [1.54, 1.807) is 18.3 Å². The van der Waals surface area contributed by atoms with Crippen molar-refractivity contribution in [2.75, 3.05) is 0 Å². The normalized spacial score (nSPS) is 12.4. The lowest BCUT2D eigenvalue weighted by Crippen LogP contribution is -2.27. The summed E-state index contributed by atoms with van der Waals surface area (Å²) in [7, 11) is 0. The Balaban J connectivity index is 2.35. The Kier molecular flexibility index (Phi) is 2.79. The van der Waals surface area contributed by atoms with Gasteiger partial charge in [0.15, 0.2) is 0 Å². The molecule has 3 rings (SSSR count). The van der Waals surface area contributed by atoms with E-state index >= 15 is 0 Å². The van der Waals surface area contributed by atoms with E-state index in [1.165, 1.54) is 15.9 Å². The summed E-state index contributed by atoms with van der Waals surface area (Å²) < 4.78 is 1.73. The van der Waals surface area contributed by atoms with Gasteiger partial charge in [-0.1, -0.05) is 11.3 Å². The predicted molar refractivity (Wildman–Crippen MR) is 76.0 cm³/mol. The molecule has 0 fully saturated rings. The second-order valence-electron chi connectivity index (χ2n) is 4.08. The number of rotatable bonds is 1. The monoisotopic (exact) mass is 291 g/mol. The number of thiazole rings is 1. The van der Waals surface area contributed by atoms with E-state index in [4.69, 9.17) is 0 Å². The van der Waals surface area contributed by atoms with Crippen LogP contribution in [0.15, 0.2) is 21.0 Å². The van der Waals surface area contributed by atoms with E-state index in [2.05, 4.69) is 10.1 Å². The smallest absolute Gasteiger partial charge is 0.266 e. The summed E-state index contributed by atoms with van der Waals surface area (Å²) in [5.74, 6) is 0. The minimum absolute atomic E-state index is 0.228. The molecule has 0 aliphatic rings. The summed E-state index contributed by atoms with van der Waals surface area (Å²) >= 11 is 2.75.